The third kappa shape index (κ3) is 3.31. The van der Waals surface area contributed by atoms with Gasteiger partial charge in [-0.3, -0.25) is 14.2 Å². The van der Waals surface area contributed by atoms with Gasteiger partial charge in [-0.15, -0.1) is 0 Å². The van der Waals surface area contributed by atoms with E-state index in [-0.39, 0.29) is 23.7 Å². The summed E-state index contributed by atoms with van der Waals surface area (Å²) >= 11 is 0. The van der Waals surface area contributed by atoms with Gasteiger partial charge in [0.05, 0.1) is 5.52 Å². The van der Waals surface area contributed by atoms with Crippen molar-refractivity contribution in [2.24, 2.45) is 0 Å². The number of anilines is 1. The zero-order valence-electron chi connectivity index (χ0n) is 14.4. The number of hydrogen-bond acceptors (Lipinski definition) is 3. The summed E-state index contributed by atoms with van der Waals surface area (Å²) < 4.78 is 16.3. The minimum absolute atomic E-state index is 0.134. The van der Waals surface area contributed by atoms with Crippen LogP contribution in [0.2, 0.25) is 0 Å². The predicted octanol–water partition coefficient (Wildman–Crippen LogP) is 3.21. The summed E-state index contributed by atoms with van der Waals surface area (Å²) in [5.41, 5.74) is 2.41. The summed E-state index contributed by atoms with van der Waals surface area (Å²) in [6.45, 7) is 0.380. The van der Waals surface area contributed by atoms with Crippen LogP contribution in [0.4, 0.5) is 10.1 Å². The summed E-state index contributed by atoms with van der Waals surface area (Å²) in [5.74, 6) is -0.539. The maximum atomic E-state index is 12.9. The highest BCUT2D eigenvalue weighted by atomic mass is 19.1. The van der Waals surface area contributed by atoms with E-state index in [1.807, 2.05) is 28.8 Å². The number of fused-ring (bicyclic) bond motifs is 3. The number of nitrogens with zero attached hydrogens (tertiary/aromatic N) is 3. The van der Waals surface area contributed by atoms with E-state index in [0.29, 0.717) is 29.8 Å². The minimum Gasteiger partial charge on any atom is -0.326 e. The normalized spacial score (nSPS) is 11.1. The van der Waals surface area contributed by atoms with Crippen LogP contribution in [0.15, 0.2) is 65.7 Å². The Hall–Kier alpha value is -3.48. The molecule has 6 nitrogen and oxygen atoms in total. The van der Waals surface area contributed by atoms with Crippen LogP contribution in [0.25, 0.3) is 16.7 Å². The summed E-state index contributed by atoms with van der Waals surface area (Å²) in [7, 11) is 0. The van der Waals surface area contributed by atoms with Crippen molar-refractivity contribution < 1.29 is 9.18 Å². The number of hydrogen-bond donors (Lipinski definition) is 1. The molecule has 0 aliphatic heterocycles. The maximum absolute atomic E-state index is 12.9. The molecular formula is C20H17FN4O2. The maximum Gasteiger partial charge on any atom is 0.276 e. The molecule has 1 amide bonds. The van der Waals surface area contributed by atoms with Gasteiger partial charge in [0.2, 0.25) is 5.91 Å². The first-order valence-electron chi connectivity index (χ1n) is 8.63. The van der Waals surface area contributed by atoms with Crippen molar-refractivity contribution >= 4 is 28.3 Å². The van der Waals surface area contributed by atoms with Crippen molar-refractivity contribution in [3.05, 3.63) is 77.1 Å². The van der Waals surface area contributed by atoms with Gasteiger partial charge in [-0.2, -0.15) is 0 Å². The average Bonchev–Trinajstić information content (AvgIpc) is 3.17. The van der Waals surface area contributed by atoms with E-state index < -0.39 is 0 Å². The van der Waals surface area contributed by atoms with Gasteiger partial charge in [0.25, 0.3) is 5.56 Å². The molecule has 0 fully saturated rings. The Labute approximate surface area is 153 Å². The first-order valence-corrected chi connectivity index (χ1v) is 8.63. The molecule has 7 heteroatoms. The van der Waals surface area contributed by atoms with Crippen molar-refractivity contribution in [1.82, 2.24) is 14.0 Å². The second kappa shape index (κ2) is 7.03. The largest absolute Gasteiger partial charge is 0.326 e. The summed E-state index contributed by atoms with van der Waals surface area (Å²) in [5, 5.41) is 2.72. The molecule has 136 valence electrons. The summed E-state index contributed by atoms with van der Waals surface area (Å²) in [4.78, 5) is 29.2. The molecule has 0 unspecified atom stereocenters. The van der Waals surface area contributed by atoms with Crippen molar-refractivity contribution in [3.63, 3.8) is 0 Å². The molecule has 0 saturated carbocycles. The van der Waals surface area contributed by atoms with Gasteiger partial charge in [-0.05, 0) is 55.0 Å². The molecule has 4 rings (SSSR count). The van der Waals surface area contributed by atoms with Crippen LogP contribution in [0.1, 0.15) is 12.8 Å². The summed E-state index contributed by atoms with van der Waals surface area (Å²) in [6, 6.07) is 12.9. The van der Waals surface area contributed by atoms with E-state index in [0.717, 1.165) is 5.52 Å². The smallest absolute Gasteiger partial charge is 0.276 e. The van der Waals surface area contributed by atoms with Crippen molar-refractivity contribution in [2.75, 3.05) is 5.32 Å². The highest BCUT2D eigenvalue weighted by Gasteiger charge is 2.11. The van der Waals surface area contributed by atoms with E-state index >= 15 is 0 Å². The van der Waals surface area contributed by atoms with Gasteiger partial charge < -0.3 is 9.72 Å². The number of halogens is 1. The number of rotatable bonds is 5. The Kier molecular flexibility index (Phi) is 4.42. The molecule has 27 heavy (non-hydrogen) atoms. The molecule has 1 aromatic carbocycles. The van der Waals surface area contributed by atoms with Crippen LogP contribution >= 0.6 is 0 Å². The van der Waals surface area contributed by atoms with Gasteiger partial charge in [0.1, 0.15) is 11.3 Å². The topological polar surface area (TPSA) is 68.4 Å². The first kappa shape index (κ1) is 17.0. The lowest BCUT2D eigenvalue weighted by Gasteiger charge is -2.11. The molecule has 3 aromatic heterocycles. The molecule has 3 heterocycles. The van der Waals surface area contributed by atoms with Gasteiger partial charge in [-0.1, -0.05) is 0 Å². The number of carbonyl (C=O) groups excluding carboxylic acids is 1. The monoisotopic (exact) mass is 364 g/mol. The van der Waals surface area contributed by atoms with E-state index in [1.54, 1.807) is 16.8 Å². The van der Waals surface area contributed by atoms with E-state index in [2.05, 4.69) is 10.3 Å². The molecule has 1 N–H and O–H groups in total. The fourth-order valence-electron chi connectivity index (χ4n) is 3.15. The Morgan fingerprint density at radius 3 is 2.67 bits per heavy atom. The number of nitrogens with one attached hydrogen (secondary N) is 1. The van der Waals surface area contributed by atoms with Gasteiger partial charge >= 0.3 is 0 Å². The van der Waals surface area contributed by atoms with Crippen LogP contribution in [-0.2, 0) is 11.3 Å². The average molecular weight is 364 g/mol. The SMILES string of the molecule is O=C(CCCn1c(=O)c2cccn2c2cccnc21)Nc1ccc(F)cc1. The van der Waals surface area contributed by atoms with Gasteiger partial charge in [-0.25, -0.2) is 9.37 Å². The van der Waals surface area contributed by atoms with Gasteiger partial charge in [0, 0.05) is 31.0 Å². The molecule has 4 aromatic rings. The van der Waals surface area contributed by atoms with E-state index in [9.17, 15) is 14.0 Å². The highest BCUT2D eigenvalue weighted by Crippen LogP contribution is 2.14. The third-order valence-electron chi connectivity index (χ3n) is 4.41. The number of aryl methyl sites for hydroxylation is 1. The molecular weight excluding hydrogens is 347 g/mol. The van der Waals surface area contributed by atoms with Crippen LogP contribution in [0.5, 0.6) is 0 Å². The number of benzene rings is 1. The van der Waals surface area contributed by atoms with Gasteiger partial charge in [0.15, 0.2) is 5.65 Å². The van der Waals surface area contributed by atoms with Crippen molar-refractivity contribution in [3.8, 4) is 0 Å². The van der Waals surface area contributed by atoms with Crippen molar-refractivity contribution in [2.45, 2.75) is 19.4 Å². The molecule has 0 aliphatic carbocycles. The predicted molar refractivity (Wildman–Crippen MR) is 101 cm³/mol. The number of aromatic nitrogens is 3. The van der Waals surface area contributed by atoms with Crippen LogP contribution in [0.3, 0.4) is 0 Å². The molecule has 0 saturated heterocycles. The molecule has 0 aliphatic rings. The Morgan fingerprint density at radius 1 is 1.07 bits per heavy atom. The Morgan fingerprint density at radius 2 is 1.85 bits per heavy atom. The van der Waals surface area contributed by atoms with E-state index in [4.69, 9.17) is 0 Å². The third-order valence-corrected chi connectivity index (χ3v) is 4.41. The first-order chi connectivity index (χ1) is 13.1. The van der Waals surface area contributed by atoms with Crippen LogP contribution in [0, 0.1) is 5.82 Å². The number of carbonyl (C=O) groups is 1. The molecule has 0 radical (unpaired) electrons. The zero-order chi connectivity index (χ0) is 18.8. The lowest BCUT2D eigenvalue weighted by atomic mass is 10.2. The zero-order valence-corrected chi connectivity index (χ0v) is 14.4. The van der Waals surface area contributed by atoms with Crippen molar-refractivity contribution in [1.29, 1.82) is 0 Å². The number of amides is 1. The minimum atomic E-state index is -0.354. The molecule has 0 bridgehead atoms. The molecule has 0 atom stereocenters. The second-order valence-electron chi connectivity index (χ2n) is 6.22. The van der Waals surface area contributed by atoms with Crippen LogP contribution in [-0.4, -0.2) is 19.9 Å². The lowest BCUT2D eigenvalue weighted by Crippen LogP contribution is -2.24. The fourth-order valence-corrected chi connectivity index (χ4v) is 3.15. The fraction of sp³-hybridized carbons (Fsp3) is 0.150. The quantitative estimate of drug-likeness (QED) is 0.591. The number of pyridine rings is 1. The standard InChI is InChI=1S/C20H17FN4O2/c21-14-7-9-15(10-8-14)23-18(26)6-3-13-25-19-16(4-1-11-22-19)24-12-2-5-17(24)20(25)27/h1-2,4-5,7-12H,3,6,13H2,(H,23,26). The van der Waals surface area contributed by atoms with Crippen LogP contribution < -0.4 is 10.9 Å². The van der Waals surface area contributed by atoms with E-state index in [1.165, 1.54) is 24.3 Å². The highest BCUT2D eigenvalue weighted by molar-refractivity contribution is 5.90. The second-order valence-corrected chi connectivity index (χ2v) is 6.22. The summed E-state index contributed by atoms with van der Waals surface area (Å²) in [6.07, 6.45) is 4.20. The molecule has 0 spiro atoms. The Balaban J connectivity index is 1.51. The lowest BCUT2D eigenvalue weighted by molar-refractivity contribution is -0.116. The Bertz CT molecular complexity index is 1180.